The molecule has 1 aromatic heterocycles. The molecule has 33 heavy (non-hydrogen) atoms. The molecule has 2 heterocycles. The maximum atomic E-state index is 13.5. The molecule has 0 bridgehead atoms. The van der Waals surface area contributed by atoms with Crippen LogP contribution in [0.1, 0.15) is 23.4 Å². The number of aliphatic hydroxyl groups excluding tert-OH is 1. The molecule has 1 amide bonds. The van der Waals surface area contributed by atoms with E-state index in [0.717, 1.165) is 16.8 Å². The first kappa shape index (κ1) is 20.8. The number of aliphatic hydroxyl groups is 1. The number of hydrogen-bond donors (Lipinski definition) is 1. The second-order valence-electron chi connectivity index (χ2n) is 7.97. The molecule has 0 saturated heterocycles. The summed E-state index contributed by atoms with van der Waals surface area (Å²) in [6, 6.07) is 24.7. The fourth-order valence-corrected chi connectivity index (χ4v) is 4.24. The Morgan fingerprint density at radius 1 is 0.879 bits per heavy atom. The van der Waals surface area contributed by atoms with Gasteiger partial charge in [0.25, 0.3) is 11.5 Å². The average molecular weight is 437 g/mol. The lowest BCUT2D eigenvalue weighted by molar-refractivity contribution is -0.113. The lowest BCUT2D eigenvalue weighted by Crippen LogP contribution is -2.26. The lowest BCUT2D eigenvalue weighted by atomic mass is 10.1. The molecule has 6 heteroatoms. The zero-order chi connectivity index (χ0) is 22.8. The van der Waals surface area contributed by atoms with Gasteiger partial charge in [0.1, 0.15) is 5.82 Å². The van der Waals surface area contributed by atoms with Crippen LogP contribution in [0.15, 0.2) is 83.7 Å². The molecule has 0 fully saturated rings. The zero-order valence-corrected chi connectivity index (χ0v) is 18.0. The fourth-order valence-electron chi connectivity index (χ4n) is 4.24. The first-order chi connectivity index (χ1) is 16.2. The van der Waals surface area contributed by atoms with Crippen LogP contribution >= 0.6 is 0 Å². The predicted molar refractivity (Wildman–Crippen MR) is 130 cm³/mol. The third-order valence-electron chi connectivity index (χ3n) is 5.85. The summed E-state index contributed by atoms with van der Waals surface area (Å²) < 4.78 is 1.54. The molecule has 1 aliphatic rings. The molecule has 5 rings (SSSR count). The molecule has 0 radical (unpaired) electrons. The van der Waals surface area contributed by atoms with Gasteiger partial charge in [0.15, 0.2) is 0 Å². The van der Waals surface area contributed by atoms with Crippen LogP contribution < -0.4 is 10.5 Å². The van der Waals surface area contributed by atoms with Gasteiger partial charge in [-0.25, -0.2) is 4.98 Å². The standard InChI is InChI=1S/C27H23N3O3/c31-16-8-15-29-25(28-23-13-6-4-12-21(23)26(29)32)17-22-20-11-5-7-14-24(20)30(27(22)33)18-19-9-2-1-3-10-19/h1-7,9-14,17,31H,8,15-16,18H2/b22-17-. The molecular weight excluding hydrogens is 414 g/mol. The van der Waals surface area contributed by atoms with Crippen LogP contribution in [-0.2, 0) is 17.9 Å². The van der Waals surface area contributed by atoms with E-state index in [9.17, 15) is 14.7 Å². The van der Waals surface area contributed by atoms with Crippen LogP contribution in [0.2, 0.25) is 0 Å². The van der Waals surface area contributed by atoms with E-state index in [-0.39, 0.29) is 18.1 Å². The molecule has 0 saturated carbocycles. The number of aromatic nitrogens is 2. The van der Waals surface area contributed by atoms with Crippen LogP contribution in [0.3, 0.4) is 0 Å². The van der Waals surface area contributed by atoms with E-state index in [4.69, 9.17) is 4.98 Å². The second-order valence-corrected chi connectivity index (χ2v) is 7.97. The number of carbonyl (C=O) groups excluding carboxylic acids is 1. The molecule has 3 aromatic carbocycles. The van der Waals surface area contributed by atoms with Crippen molar-refractivity contribution < 1.29 is 9.90 Å². The Morgan fingerprint density at radius 3 is 2.42 bits per heavy atom. The first-order valence-corrected chi connectivity index (χ1v) is 10.9. The molecule has 0 unspecified atom stereocenters. The summed E-state index contributed by atoms with van der Waals surface area (Å²) in [7, 11) is 0. The summed E-state index contributed by atoms with van der Waals surface area (Å²) >= 11 is 0. The molecule has 0 atom stereocenters. The summed E-state index contributed by atoms with van der Waals surface area (Å²) in [5.74, 6) is 0.281. The van der Waals surface area contributed by atoms with Gasteiger partial charge in [-0.2, -0.15) is 0 Å². The van der Waals surface area contributed by atoms with Crippen molar-refractivity contribution in [3.63, 3.8) is 0 Å². The Bertz CT molecular complexity index is 1420. The number of hydrogen-bond acceptors (Lipinski definition) is 4. The summed E-state index contributed by atoms with van der Waals surface area (Å²) in [6.45, 7) is 0.730. The van der Waals surface area contributed by atoms with Crippen molar-refractivity contribution in [2.45, 2.75) is 19.5 Å². The Labute approximate surface area is 191 Å². The van der Waals surface area contributed by atoms with Crippen molar-refractivity contribution in [1.82, 2.24) is 9.55 Å². The summed E-state index contributed by atoms with van der Waals surface area (Å²) in [5, 5.41) is 9.86. The van der Waals surface area contributed by atoms with E-state index >= 15 is 0 Å². The van der Waals surface area contributed by atoms with Gasteiger partial charge < -0.3 is 10.0 Å². The zero-order valence-electron chi connectivity index (χ0n) is 18.0. The maximum Gasteiger partial charge on any atom is 0.261 e. The first-order valence-electron chi connectivity index (χ1n) is 10.9. The number of anilines is 1. The Morgan fingerprint density at radius 2 is 1.61 bits per heavy atom. The molecule has 1 N–H and O–H groups in total. The minimum atomic E-state index is -0.180. The predicted octanol–water partition coefficient (Wildman–Crippen LogP) is 3.87. The highest BCUT2D eigenvalue weighted by atomic mass is 16.3. The summed E-state index contributed by atoms with van der Waals surface area (Å²) in [4.78, 5) is 33.2. The second kappa shape index (κ2) is 8.84. The largest absolute Gasteiger partial charge is 0.396 e. The highest BCUT2D eigenvalue weighted by Crippen LogP contribution is 2.38. The SMILES string of the molecule is O=C1/C(=C\c2nc3ccccc3c(=O)n2CCCO)c2ccccc2N1Cc1ccccc1. The molecule has 0 spiro atoms. The van der Waals surface area contributed by atoms with E-state index in [0.29, 0.717) is 41.8 Å². The number of amides is 1. The van der Waals surface area contributed by atoms with E-state index < -0.39 is 0 Å². The van der Waals surface area contributed by atoms with Gasteiger partial charge in [-0.05, 0) is 36.3 Å². The van der Waals surface area contributed by atoms with E-state index in [1.54, 1.807) is 33.7 Å². The monoisotopic (exact) mass is 437 g/mol. The van der Waals surface area contributed by atoms with Crippen LogP contribution in [0.5, 0.6) is 0 Å². The van der Waals surface area contributed by atoms with Gasteiger partial charge in [0.2, 0.25) is 0 Å². The smallest absolute Gasteiger partial charge is 0.261 e. The lowest BCUT2D eigenvalue weighted by Gasteiger charge is -2.17. The molecular formula is C27H23N3O3. The third kappa shape index (κ3) is 3.85. The average Bonchev–Trinajstić information content (AvgIpc) is 3.10. The van der Waals surface area contributed by atoms with Crippen molar-refractivity contribution in [3.8, 4) is 0 Å². The molecule has 6 nitrogen and oxygen atoms in total. The number of para-hydroxylation sites is 2. The minimum Gasteiger partial charge on any atom is -0.396 e. The van der Waals surface area contributed by atoms with E-state index in [2.05, 4.69) is 0 Å². The van der Waals surface area contributed by atoms with E-state index in [1.807, 2.05) is 60.7 Å². The number of fused-ring (bicyclic) bond motifs is 2. The quantitative estimate of drug-likeness (QED) is 0.465. The normalized spacial score (nSPS) is 14.3. The van der Waals surface area contributed by atoms with Crippen molar-refractivity contribution in [2.24, 2.45) is 0 Å². The minimum absolute atomic E-state index is 0.0398. The summed E-state index contributed by atoms with van der Waals surface area (Å²) in [5.41, 5.74) is 3.58. The van der Waals surface area contributed by atoms with Gasteiger partial charge in [-0.3, -0.25) is 14.2 Å². The topological polar surface area (TPSA) is 75.4 Å². The van der Waals surface area contributed by atoms with E-state index in [1.165, 1.54) is 0 Å². The van der Waals surface area contributed by atoms with Crippen molar-refractivity contribution in [3.05, 3.63) is 106 Å². The molecule has 4 aromatic rings. The number of rotatable bonds is 6. The Hall–Kier alpha value is -4.03. The number of nitrogens with zero attached hydrogens (tertiary/aromatic N) is 3. The number of benzene rings is 3. The van der Waals surface area contributed by atoms with Crippen LogP contribution in [0, 0.1) is 0 Å². The Balaban J connectivity index is 1.64. The van der Waals surface area contributed by atoms with Gasteiger partial charge in [-0.1, -0.05) is 60.7 Å². The highest BCUT2D eigenvalue weighted by molar-refractivity contribution is 6.35. The van der Waals surface area contributed by atoms with Gasteiger partial charge in [0.05, 0.1) is 28.7 Å². The Kier molecular flexibility index (Phi) is 5.59. The highest BCUT2D eigenvalue weighted by Gasteiger charge is 2.32. The van der Waals surface area contributed by atoms with Gasteiger partial charge >= 0.3 is 0 Å². The molecule has 164 valence electrons. The van der Waals surface area contributed by atoms with Crippen molar-refractivity contribution in [1.29, 1.82) is 0 Å². The fraction of sp³-hybridized carbons (Fsp3) is 0.148. The van der Waals surface area contributed by atoms with Gasteiger partial charge in [0, 0.05) is 18.7 Å². The third-order valence-corrected chi connectivity index (χ3v) is 5.85. The van der Waals surface area contributed by atoms with Gasteiger partial charge in [-0.15, -0.1) is 0 Å². The number of carbonyl (C=O) groups is 1. The van der Waals surface area contributed by atoms with Crippen molar-refractivity contribution >= 4 is 34.1 Å². The van der Waals surface area contributed by atoms with Crippen molar-refractivity contribution in [2.75, 3.05) is 11.5 Å². The van der Waals surface area contributed by atoms with Crippen LogP contribution in [0.25, 0.3) is 22.6 Å². The maximum absolute atomic E-state index is 13.5. The molecule has 0 aliphatic carbocycles. The summed E-state index contributed by atoms with van der Waals surface area (Å²) in [6.07, 6.45) is 2.12. The van der Waals surface area contributed by atoms with Crippen LogP contribution in [-0.4, -0.2) is 27.2 Å². The van der Waals surface area contributed by atoms with Crippen LogP contribution in [0.4, 0.5) is 5.69 Å². The molecule has 1 aliphatic heterocycles.